The van der Waals surface area contributed by atoms with Crippen molar-refractivity contribution in [1.29, 1.82) is 0 Å². The first-order valence-corrected chi connectivity index (χ1v) is 11.8. The van der Waals surface area contributed by atoms with Crippen LogP contribution >= 0.6 is 0 Å². The van der Waals surface area contributed by atoms with Crippen LogP contribution in [0.5, 0.6) is 5.75 Å². The van der Waals surface area contributed by atoms with E-state index in [1.807, 2.05) is 39.1 Å². The van der Waals surface area contributed by atoms with Crippen LogP contribution in [0.4, 0.5) is 4.79 Å². The van der Waals surface area contributed by atoms with Crippen molar-refractivity contribution in [3.63, 3.8) is 0 Å². The summed E-state index contributed by atoms with van der Waals surface area (Å²) >= 11 is 0. The van der Waals surface area contributed by atoms with Gasteiger partial charge in [-0.1, -0.05) is 6.07 Å². The maximum Gasteiger partial charge on any atom is 0.322 e. The normalized spacial score (nSPS) is 21.4. The molecule has 2 aliphatic rings. The molecule has 5 heterocycles. The number of ether oxygens (including phenoxy) is 1. The predicted molar refractivity (Wildman–Crippen MR) is 132 cm³/mol. The molecule has 37 heavy (non-hydrogen) atoms. The average Bonchev–Trinajstić information content (AvgIpc) is 3.58. The van der Waals surface area contributed by atoms with Gasteiger partial charge in [0, 0.05) is 43.0 Å². The molecule has 3 amide bonds. The van der Waals surface area contributed by atoms with Gasteiger partial charge in [0.1, 0.15) is 23.3 Å². The summed E-state index contributed by atoms with van der Waals surface area (Å²) in [5, 5.41) is 20.6. The van der Waals surface area contributed by atoms with E-state index in [2.05, 4.69) is 15.7 Å². The van der Waals surface area contributed by atoms with E-state index in [4.69, 9.17) is 14.1 Å². The van der Waals surface area contributed by atoms with E-state index in [-0.39, 0.29) is 12.3 Å². The summed E-state index contributed by atoms with van der Waals surface area (Å²) < 4.78 is 13.2. The Labute approximate surface area is 212 Å². The Morgan fingerprint density at radius 1 is 1.22 bits per heavy atom. The van der Waals surface area contributed by atoms with E-state index in [1.165, 1.54) is 0 Å². The van der Waals surface area contributed by atoms with Crippen molar-refractivity contribution in [3.8, 4) is 17.0 Å². The Bertz CT molecular complexity index is 1590. The van der Waals surface area contributed by atoms with Gasteiger partial charge in [0.2, 0.25) is 0 Å². The van der Waals surface area contributed by atoms with E-state index in [0.717, 1.165) is 28.2 Å². The number of amides is 3. The molecule has 190 valence electrons. The van der Waals surface area contributed by atoms with Crippen LogP contribution < -0.4 is 15.4 Å². The highest BCUT2D eigenvalue weighted by Crippen LogP contribution is 2.39. The molecule has 1 saturated heterocycles. The van der Waals surface area contributed by atoms with E-state index in [1.54, 1.807) is 34.9 Å². The van der Waals surface area contributed by atoms with E-state index >= 15 is 0 Å². The minimum absolute atomic E-state index is 0.0176. The number of nitrogens with one attached hydrogen (secondary N) is 2. The van der Waals surface area contributed by atoms with Gasteiger partial charge in [0.05, 0.1) is 18.5 Å². The SMILES string of the molecule is COc1ccc2c(c1)C(O)N(CC1(c3cc4nc(-c5c(C)nn(C)c5C)ccc4o3)NC(=O)NC1=O)C2. The first-order valence-electron chi connectivity index (χ1n) is 11.8. The number of urea groups is 1. The third-order valence-corrected chi connectivity index (χ3v) is 7.29. The quantitative estimate of drug-likeness (QED) is 0.354. The second kappa shape index (κ2) is 8.15. The fourth-order valence-corrected chi connectivity index (χ4v) is 5.31. The molecule has 0 spiro atoms. The highest BCUT2D eigenvalue weighted by atomic mass is 16.5. The Balaban J connectivity index is 1.39. The third-order valence-electron chi connectivity index (χ3n) is 7.29. The number of nitrogens with zero attached hydrogens (tertiary/aromatic N) is 4. The van der Waals surface area contributed by atoms with Gasteiger partial charge < -0.3 is 19.6 Å². The molecule has 6 rings (SSSR count). The lowest BCUT2D eigenvalue weighted by Gasteiger charge is -2.30. The molecule has 0 aliphatic carbocycles. The van der Waals surface area contributed by atoms with Gasteiger partial charge in [-0.05, 0) is 43.7 Å². The van der Waals surface area contributed by atoms with Crippen molar-refractivity contribution < 1.29 is 23.8 Å². The van der Waals surface area contributed by atoms with Gasteiger partial charge in [0.25, 0.3) is 5.91 Å². The lowest BCUT2D eigenvalue weighted by atomic mass is 9.95. The number of aliphatic hydroxyl groups is 1. The third kappa shape index (κ3) is 3.50. The van der Waals surface area contributed by atoms with Crippen molar-refractivity contribution in [3.05, 3.63) is 64.7 Å². The summed E-state index contributed by atoms with van der Waals surface area (Å²) in [5.41, 5.74) is 4.56. The van der Waals surface area contributed by atoms with Crippen LogP contribution in [-0.2, 0) is 23.9 Å². The number of benzene rings is 1. The highest BCUT2D eigenvalue weighted by molar-refractivity contribution is 6.07. The second-order valence-corrected chi connectivity index (χ2v) is 9.52. The van der Waals surface area contributed by atoms with Crippen LogP contribution in [-0.4, -0.2) is 50.4 Å². The Hall–Kier alpha value is -4.22. The summed E-state index contributed by atoms with van der Waals surface area (Å²) in [6, 6.07) is 10.2. The summed E-state index contributed by atoms with van der Waals surface area (Å²) in [4.78, 5) is 32.0. The standard InChI is InChI=1S/C26H26N6O5/c1-13-22(14(2)31(3)30-13)18-7-8-20-19(27-18)10-21(37-20)26(24(34)28-25(35)29-26)12-32-11-15-5-6-16(36-4)9-17(15)23(32)33/h5-10,23,33H,11-12H2,1-4H3,(H2,28,29,34,35). The zero-order chi connectivity index (χ0) is 26.1. The lowest BCUT2D eigenvalue weighted by Crippen LogP contribution is -2.52. The average molecular weight is 503 g/mol. The maximum atomic E-state index is 13.2. The molecule has 2 atom stereocenters. The summed E-state index contributed by atoms with van der Waals surface area (Å²) in [5.74, 6) is 0.298. The fourth-order valence-electron chi connectivity index (χ4n) is 5.31. The van der Waals surface area contributed by atoms with Crippen molar-refractivity contribution in [2.45, 2.75) is 32.2 Å². The number of aromatic nitrogens is 3. The number of imide groups is 1. The Morgan fingerprint density at radius 3 is 2.70 bits per heavy atom. The molecule has 0 bridgehead atoms. The maximum absolute atomic E-state index is 13.2. The number of hydrogen-bond acceptors (Lipinski definition) is 8. The minimum atomic E-state index is -1.55. The lowest BCUT2D eigenvalue weighted by molar-refractivity contribution is -0.127. The van der Waals surface area contributed by atoms with Crippen LogP contribution in [0, 0.1) is 13.8 Å². The molecular formula is C26H26N6O5. The summed E-state index contributed by atoms with van der Waals surface area (Å²) in [7, 11) is 3.44. The zero-order valence-corrected chi connectivity index (χ0v) is 20.8. The number of fused-ring (bicyclic) bond motifs is 2. The predicted octanol–water partition coefficient (Wildman–Crippen LogP) is 2.40. The second-order valence-electron chi connectivity index (χ2n) is 9.52. The van der Waals surface area contributed by atoms with Crippen LogP contribution in [0.25, 0.3) is 22.4 Å². The van der Waals surface area contributed by atoms with Crippen molar-refractivity contribution in [2.75, 3.05) is 13.7 Å². The number of aryl methyl sites for hydroxylation is 2. The van der Waals surface area contributed by atoms with Gasteiger partial charge >= 0.3 is 6.03 Å². The van der Waals surface area contributed by atoms with E-state index in [0.29, 0.717) is 29.0 Å². The van der Waals surface area contributed by atoms with Gasteiger partial charge in [-0.2, -0.15) is 5.10 Å². The number of rotatable bonds is 5. The van der Waals surface area contributed by atoms with Crippen molar-refractivity contribution in [1.82, 2.24) is 30.3 Å². The number of methoxy groups -OCH3 is 1. The molecule has 1 aromatic carbocycles. The molecule has 2 aliphatic heterocycles. The largest absolute Gasteiger partial charge is 0.497 e. The van der Waals surface area contributed by atoms with Crippen molar-refractivity contribution >= 4 is 23.0 Å². The number of aliphatic hydroxyl groups excluding tert-OH is 1. The number of hydrogen-bond donors (Lipinski definition) is 3. The number of pyridine rings is 1. The molecule has 3 aromatic heterocycles. The molecule has 0 radical (unpaired) electrons. The first-order chi connectivity index (χ1) is 17.7. The van der Waals surface area contributed by atoms with Gasteiger partial charge in [-0.25, -0.2) is 9.78 Å². The zero-order valence-electron chi connectivity index (χ0n) is 20.8. The van der Waals surface area contributed by atoms with Crippen molar-refractivity contribution in [2.24, 2.45) is 7.05 Å². The molecule has 1 fully saturated rings. The first kappa shape index (κ1) is 23.2. The Morgan fingerprint density at radius 2 is 2.03 bits per heavy atom. The number of carbonyl (C=O) groups excluding carboxylic acids is 2. The molecule has 4 aromatic rings. The summed E-state index contributed by atoms with van der Waals surface area (Å²) in [6.07, 6.45) is -0.988. The topological polar surface area (TPSA) is 135 Å². The van der Waals surface area contributed by atoms with E-state index < -0.39 is 23.7 Å². The highest BCUT2D eigenvalue weighted by Gasteiger charge is 2.53. The van der Waals surface area contributed by atoms with E-state index in [9.17, 15) is 14.7 Å². The van der Waals surface area contributed by atoms with Crippen LogP contribution in [0.3, 0.4) is 0 Å². The molecule has 3 N–H and O–H groups in total. The number of furan rings is 1. The molecule has 11 heteroatoms. The molecule has 11 nitrogen and oxygen atoms in total. The number of carbonyl (C=O) groups is 2. The van der Waals surface area contributed by atoms with Crippen LogP contribution in [0.2, 0.25) is 0 Å². The van der Waals surface area contributed by atoms with Gasteiger partial charge in [-0.15, -0.1) is 0 Å². The van der Waals surface area contributed by atoms with Crippen LogP contribution in [0.1, 0.15) is 34.5 Å². The summed E-state index contributed by atoms with van der Waals surface area (Å²) in [6.45, 7) is 4.27. The molecular weight excluding hydrogens is 476 g/mol. The van der Waals surface area contributed by atoms with Crippen LogP contribution in [0.15, 0.2) is 40.8 Å². The molecule has 2 unspecified atom stereocenters. The van der Waals surface area contributed by atoms with Gasteiger partial charge in [-0.3, -0.25) is 19.7 Å². The monoisotopic (exact) mass is 502 g/mol. The molecule has 0 saturated carbocycles. The fraction of sp³-hybridized carbons (Fsp3) is 0.308. The smallest absolute Gasteiger partial charge is 0.322 e. The Kier molecular flexibility index (Phi) is 5.11. The van der Waals surface area contributed by atoms with Gasteiger partial charge in [0.15, 0.2) is 11.1 Å². The minimum Gasteiger partial charge on any atom is -0.497 e.